The van der Waals surface area contributed by atoms with Crippen LogP contribution in [0.2, 0.25) is 0 Å². The van der Waals surface area contributed by atoms with E-state index in [9.17, 15) is 24.0 Å². The number of nitrogens with zero attached hydrogens (tertiary/aromatic N) is 1. The summed E-state index contributed by atoms with van der Waals surface area (Å²) in [7, 11) is 0. The quantitative estimate of drug-likeness (QED) is 0.403. The number of carbonyl (C=O) groups is 3. The maximum Gasteiger partial charge on any atom is 0.330 e. The van der Waals surface area contributed by atoms with Crippen LogP contribution in [-0.2, 0) is 28.6 Å². The second-order valence-corrected chi connectivity index (χ2v) is 5.41. The Hall–Kier alpha value is -3.19. The molecule has 1 fully saturated rings. The van der Waals surface area contributed by atoms with Gasteiger partial charge in [0.25, 0.3) is 5.56 Å². The average Bonchev–Trinajstić information content (AvgIpc) is 2.94. The van der Waals surface area contributed by atoms with Crippen molar-refractivity contribution in [3.8, 4) is 11.8 Å². The highest BCUT2D eigenvalue weighted by Crippen LogP contribution is 2.30. The summed E-state index contributed by atoms with van der Waals surface area (Å²) in [5.41, 5.74) is -1.61. The first kappa shape index (κ1) is 19.1. The molecule has 0 saturated carbocycles. The summed E-state index contributed by atoms with van der Waals surface area (Å²) in [5, 5.41) is 0. The predicted molar refractivity (Wildman–Crippen MR) is 85.0 cm³/mol. The Morgan fingerprint density at radius 3 is 2.73 bits per heavy atom. The molecule has 0 radical (unpaired) electrons. The fraction of sp³-hybridized carbons (Fsp3) is 0.438. The van der Waals surface area contributed by atoms with Crippen LogP contribution < -0.4 is 11.2 Å². The lowest BCUT2D eigenvalue weighted by Gasteiger charge is -2.17. The number of hydrogen-bond acceptors (Lipinski definition) is 8. The summed E-state index contributed by atoms with van der Waals surface area (Å²) < 4.78 is 16.8. The van der Waals surface area contributed by atoms with Crippen molar-refractivity contribution >= 4 is 18.2 Å². The number of hydrogen-bond donors (Lipinski definition) is 1. The number of rotatable bonds is 4. The molecule has 138 valence electrons. The summed E-state index contributed by atoms with van der Waals surface area (Å²) in [5.74, 6) is 3.31. The fourth-order valence-corrected chi connectivity index (χ4v) is 2.45. The molecule has 1 aliphatic heterocycles. The van der Waals surface area contributed by atoms with Gasteiger partial charge >= 0.3 is 17.6 Å². The lowest BCUT2D eigenvalue weighted by atomic mass is 10.2. The molecule has 0 aromatic carbocycles. The van der Waals surface area contributed by atoms with Gasteiger partial charge in [-0.25, -0.2) is 4.79 Å². The minimum atomic E-state index is -0.888. The molecule has 3 unspecified atom stereocenters. The van der Waals surface area contributed by atoms with Gasteiger partial charge < -0.3 is 14.2 Å². The van der Waals surface area contributed by atoms with Crippen LogP contribution in [0.3, 0.4) is 0 Å². The maximum absolute atomic E-state index is 12.1. The van der Waals surface area contributed by atoms with E-state index in [4.69, 9.17) is 14.2 Å². The second-order valence-electron chi connectivity index (χ2n) is 5.41. The molecule has 0 aliphatic carbocycles. The number of H-pyrrole nitrogens is 1. The minimum absolute atomic E-state index is 0.0952. The van der Waals surface area contributed by atoms with Gasteiger partial charge in [0, 0.05) is 26.5 Å². The zero-order valence-corrected chi connectivity index (χ0v) is 14.0. The van der Waals surface area contributed by atoms with E-state index >= 15 is 0 Å². The van der Waals surface area contributed by atoms with E-state index in [0.29, 0.717) is 6.29 Å². The lowest BCUT2D eigenvalue weighted by molar-refractivity contribution is -0.155. The predicted octanol–water partition coefficient (Wildman–Crippen LogP) is -1.13. The van der Waals surface area contributed by atoms with E-state index in [1.165, 1.54) is 13.8 Å². The Morgan fingerprint density at radius 1 is 1.38 bits per heavy atom. The van der Waals surface area contributed by atoms with E-state index in [1.54, 1.807) is 0 Å². The van der Waals surface area contributed by atoms with Gasteiger partial charge in [0.2, 0.25) is 0 Å². The monoisotopic (exact) mass is 364 g/mol. The van der Waals surface area contributed by atoms with Gasteiger partial charge in [-0.2, -0.15) is 0 Å². The van der Waals surface area contributed by atoms with Gasteiger partial charge in [-0.3, -0.25) is 28.7 Å². The number of carbonyl (C=O) groups excluding carboxylic acids is 3. The van der Waals surface area contributed by atoms with Crippen molar-refractivity contribution in [1.82, 2.24) is 9.55 Å². The smallest absolute Gasteiger partial charge is 0.330 e. The van der Waals surface area contributed by atoms with Crippen LogP contribution in [0.1, 0.15) is 32.1 Å². The van der Waals surface area contributed by atoms with Crippen LogP contribution in [0.15, 0.2) is 15.8 Å². The molecule has 1 aromatic rings. The molecule has 26 heavy (non-hydrogen) atoms. The van der Waals surface area contributed by atoms with Crippen LogP contribution >= 0.6 is 0 Å². The summed E-state index contributed by atoms with van der Waals surface area (Å²) >= 11 is 0. The highest BCUT2D eigenvalue weighted by atomic mass is 16.6. The third-order valence-electron chi connectivity index (χ3n) is 3.49. The van der Waals surface area contributed by atoms with Crippen LogP contribution in [-0.4, -0.2) is 46.6 Å². The molecule has 1 aromatic heterocycles. The van der Waals surface area contributed by atoms with Gasteiger partial charge in [-0.1, -0.05) is 5.92 Å². The van der Waals surface area contributed by atoms with Crippen molar-refractivity contribution < 1.29 is 28.6 Å². The van der Waals surface area contributed by atoms with Crippen molar-refractivity contribution in [2.45, 2.75) is 38.7 Å². The minimum Gasteiger partial charge on any atom is -0.463 e. The Morgan fingerprint density at radius 2 is 2.12 bits per heavy atom. The van der Waals surface area contributed by atoms with Gasteiger partial charge in [0.15, 0.2) is 6.29 Å². The van der Waals surface area contributed by atoms with E-state index < -0.39 is 41.6 Å². The number of aldehydes is 1. The van der Waals surface area contributed by atoms with E-state index in [0.717, 1.165) is 10.8 Å². The average molecular weight is 364 g/mol. The molecule has 3 atom stereocenters. The number of nitrogens with one attached hydrogen (secondary N) is 1. The molecular formula is C16H16N2O8. The van der Waals surface area contributed by atoms with E-state index in [2.05, 4.69) is 16.8 Å². The molecule has 10 nitrogen and oxygen atoms in total. The molecule has 2 rings (SSSR count). The van der Waals surface area contributed by atoms with Crippen molar-refractivity contribution in [2.75, 3.05) is 6.61 Å². The first-order chi connectivity index (χ1) is 12.3. The number of ether oxygens (including phenoxy) is 3. The Bertz CT molecular complexity index is 888. The number of aromatic nitrogens is 2. The highest BCUT2D eigenvalue weighted by molar-refractivity contribution is 5.73. The van der Waals surface area contributed by atoms with Crippen molar-refractivity contribution in [3.05, 3.63) is 32.6 Å². The Balaban J connectivity index is 2.31. The molecular weight excluding hydrogens is 348 g/mol. The van der Waals surface area contributed by atoms with E-state index in [1.807, 2.05) is 0 Å². The van der Waals surface area contributed by atoms with Crippen LogP contribution in [0, 0.1) is 11.8 Å². The SMILES string of the molecule is CC(=O)OCC1OC(n2cc(C#CC=O)c(=O)[nH]c2=O)CC1OC(C)=O. The number of aromatic amines is 1. The normalized spacial score (nSPS) is 21.4. The Kier molecular flexibility index (Phi) is 6.08. The van der Waals surface area contributed by atoms with Crippen molar-refractivity contribution in [2.24, 2.45) is 0 Å². The standard InChI is InChI=1S/C16H16N2O8/c1-9(20)24-8-13-12(25-10(2)21)6-14(26-13)18-7-11(4-3-5-19)15(22)17-16(18)23/h5,7,12-14H,6,8H2,1-2H3,(H,17,22,23). The molecule has 1 aliphatic rings. The highest BCUT2D eigenvalue weighted by Gasteiger charge is 2.39. The largest absolute Gasteiger partial charge is 0.463 e. The molecule has 0 bridgehead atoms. The first-order valence-electron chi connectivity index (χ1n) is 7.58. The third-order valence-corrected chi connectivity index (χ3v) is 3.49. The topological polar surface area (TPSA) is 134 Å². The Labute approximate surface area is 147 Å². The summed E-state index contributed by atoms with van der Waals surface area (Å²) in [4.78, 5) is 58.5. The zero-order chi connectivity index (χ0) is 19.3. The van der Waals surface area contributed by atoms with Crippen LogP contribution in [0.5, 0.6) is 0 Å². The van der Waals surface area contributed by atoms with Gasteiger partial charge in [-0.05, 0) is 5.92 Å². The molecule has 2 heterocycles. The summed E-state index contributed by atoms with van der Waals surface area (Å²) in [6, 6.07) is 0. The molecule has 1 saturated heterocycles. The second kappa shape index (κ2) is 8.26. The first-order valence-corrected chi connectivity index (χ1v) is 7.58. The van der Waals surface area contributed by atoms with E-state index in [-0.39, 0.29) is 18.6 Å². The molecule has 0 spiro atoms. The third kappa shape index (κ3) is 4.67. The molecule has 10 heteroatoms. The maximum atomic E-state index is 12.1. The van der Waals surface area contributed by atoms with Crippen LogP contribution in [0.4, 0.5) is 0 Å². The van der Waals surface area contributed by atoms with Gasteiger partial charge in [-0.15, -0.1) is 0 Å². The molecule has 0 amide bonds. The van der Waals surface area contributed by atoms with Crippen LogP contribution in [0.25, 0.3) is 0 Å². The molecule has 1 N–H and O–H groups in total. The zero-order valence-electron chi connectivity index (χ0n) is 14.0. The fourth-order valence-electron chi connectivity index (χ4n) is 2.45. The number of esters is 2. The van der Waals surface area contributed by atoms with Crippen molar-refractivity contribution in [1.29, 1.82) is 0 Å². The summed E-state index contributed by atoms with van der Waals surface area (Å²) in [6.45, 7) is 2.27. The van der Waals surface area contributed by atoms with Gasteiger partial charge in [0.1, 0.15) is 30.6 Å². The van der Waals surface area contributed by atoms with Gasteiger partial charge in [0.05, 0.1) is 0 Å². The lowest BCUT2D eigenvalue weighted by Crippen LogP contribution is -2.34. The summed E-state index contributed by atoms with van der Waals surface area (Å²) in [6.07, 6.45) is -0.857. The van der Waals surface area contributed by atoms with Crippen molar-refractivity contribution in [3.63, 3.8) is 0 Å².